The Kier molecular flexibility index (Phi) is 5.50. The SMILES string of the molecule is CN(CCOc1ccc(Cl)cc1)C(=O)c1csc(-c2ccsc2)n1. The highest BCUT2D eigenvalue weighted by atomic mass is 35.5. The number of thiophene rings is 1. The van der Waals surface area contributed by atoms with Gasteiger partial charge in [-0.3, -0.25) is 4.79 Å². The highest BCUT2D eigenvalue weighted by molar-refractivity contribution is 7.14. The standard InChI is InChI=1S/C17H15ClN2O2S2/c1-20(7-8-22-14-4-2-13(18)3-5-14)17(21)15-11-24-16(19-15)12-6-9-23-10-12/h2-6,9-11H,7-8H2,1H3. The minimum Gasteiger partial charge on any atom is -0.492 e. The first-order chi connectivity index (χ1) is 11.6. The summed E-state index contributed by atoms with van der Waals surface area (Å²) in [6.07, 6.45) is 0. The first-order valence-corrected chi connectivity index (χ1v) is 9.45. The molecule has 3 rings (SSSR count). The Morgan fingerprint density at radius 2 is 2.04 bits per heavy atom. The molecular formula is C17H15ClN2O2S2. The van der Waals surface area contributed by atoms with Crippen molar-refractivity contribution in [2.24, 2.45) is 0 Å². The molecule has 0 unspecified atom stereocenters. The van der Waals surface area contributed by atoms with Crippen LogP contribution >= 0.6 is 34.3 Å². The Morgan fingerprint density at radius 3 is 2.75 bits per heavy atom. The summed E-state index contributed by atoms with van der Waals surface area (Å²) in [6, 6.07) is 9.15. The minimum atomic E-state index is -0.104. The molecule has 1 aromatic carbocycles. The summed E-state index contributed by atoms with van der Waals surface area (Å²) in [7, 11) is 1.75. The predicted octanol–water partition coefficient (Wildman–Crippen LogP) is 4.68. The van der Waals surface area contributed by atoms with Gasteiger partial charge in [0.2, 0.25) is 0 Å². The van der Waals surface area contributed by atoms with Crippen molar-refractivity contribution in [3.8, 4) is 16.3 Å². The van der Waals surface area contributed by atoms with Crippen LogP contribution in [0.3, 0.4) is 0 Å². The van der Waals surface area contributed by atoms with Crippen molar-refractivity contribution in [1.82, 2.24) is 9.88 Å². The lowest BCUT2D eigenvalue weighted by Crippen LogP contribution is -2.31. The quantitative estimate of drug-likeness (QED) is 0.625. The fourth-order valence-corrected chi connectivity index (χ4v) is 3.65. The van der Waals surface area contributed by atoms with Crippen LogP contribution in [0.4, 0.5) is 0 Å². The maximum absolute atomic E-state index is 12.4. The molecule has 0 atom stereocenters. The summed E-state index contributed by atoms with van der Waals surface area (Å²) in [5, 5.41) is 7.35. The van der Waals surface area contributed by atoms with E-state index in [4.69, 9.17) is 16.3 Å². The number of halogens is 1. The Bertz CT molecular complexity index is 800. The number of benzene rings is 1. The van der Waals surface area contributed by atoms with Crippen LogP contribution in [0.25, 0.3) is 10.6 Å². The molecule has 0 aliphatic rings. The fourth-order valence-electron chi connectivity index (χ4n) is 2.02. The number of rotatable bonds is 6. The first kappa shape index (κ1) is 17.0. The molecule has 0 fully saturated rings. The van der Waals surface area contributed by atoms with Crippen LogP contribution < -0.4 is 4.74 Å². The molecule has 4 nitrogen and oxygen atoms in total. The van der Waals surface area contributed by atoms with E-state index in [0.29, 0.717) is 23.9 Å². The zero-order valence-corrected chi connectivity index (χ0v) is 15.3. The van der Waals surface area contributed by atoms with Crippen LogP contribution in [-0.4, -0.2) is 36.0 Å². The van der Waals surface area contributed by atoms with E-state index in [1.54, 1.807) is 52.9 Å². The highest BCUT2D eigenvalue weighted by Gasteiger charge is 2.16. The maximum Gasteiger partial charge on any atom is 0.273 e. The van der Waals surface area contributed by atoms with Gasteiger partial charge in [-0.25, -0.2) is 4.98 Å². The van der Waals surface area contributed by atoms with Gasteiger partial charge < -0.3 is 9.64 Å². The first-order valence-electron chi connectivity index (χ1n) is 7.25. The Labute approximate surface area is 153 Å². The number of aromatic nitrogens is 1. The molecule has 124 valence electrons. The summed E-state index contributed by atoms with van der Waals surface area (Å²) in [4.78, 5) is 18.5. The van der Waals surface area contributed by atoms with Crippen molar-refractivity contribution in [3.63, 3.8) is 0 Å². The molecule has 0 spiro atoms. The molecule has 7 heteroatoms. The molecule has 24 heavy (non-hydrogen) atoms. The molecular weight excluding hydrogens is 364 g/mol. The number of amides is 1. The lowest BCUT2D eigenvalue weighted by Gasteiger charge is -2.16. The molecule has 0 radical (unpaired) electrons. The van der Waals surface area contributed by atoms with Gasteiger partial charge in [-0.15, -0.1) is 11.3 Å². The maximum atomic E-state index is 12.4. The van der Waals surface area contributed by atoms with Crippen LogP contribution in [0.5, 0.6) is 5.75 Å². The third-order valence-corrected chi connectivity index (χ3v) is 5.17. The average Bonchev–Trinajstić information content (AvgIpc) is 3.27. The van der Waals surface area contributed by atoms with Crippen LogP contribution in [-0.2, 0) is 0 Å². The van der Waals surface area contributed by atoms with Crippen LogP contribution in [0.1, 0.15) is 10.5 Å². The van der Waals surface area contributed by atoms with E-state index in [1.165, 1.54) is 11.3 Å². The van der Waals surface area contributed by atoms with Crippen molar-refractivity contribution in [2.75, 3.05) is 20.2 Å². The molecule has 0 bridgehead atoms. The van der Waals surface area contributed by atoms with Gasteiger partial charge in [0.05, 0.1) is 6.54 Å². The van der Waals surface area contributed by atoms with Gasteiger partial charge in [0.15, 0.2) is 0 Å². The summed E-state index contributed by atoms with van der Waals surface area (Å²) in [6.45, 7) is 0.887. The van der Waals surface area contributed by atoms with Crippen molar-refractivity contribution in [3.05, 3.63) is 57.2 Å². The van der Waals surface area contributed by atoms with Gasteiger partial charge in [0.1, 0.15) is 23.1 Å². The molecule has 0 aliphatic carbocycles. The number of hydrogen-bond donors (Lipinski definition) is 0. The van der Waals surface area contributed by atoms with Crippen molar-refractivity contribution >= 4 is 40.2 Å². The minimum absolute atomic E-state index is 0.104. The number of carbonyl (C=O) groups excluding carboxylic acids is 1. The Hall–Kier alpha value is -1.89. The lowest BCUT2D eigenvalue weighted by atomic mass is 10.3. The number of carbonyl (C=O) groups is 1. The second-order valence-corrected chi connectivity index (χ2v) is 7.15. The van der Waals surface area contributed by atoms with Gasteiger partial charge in [-0.1, -0.05) is 11.6 Å². The van der Waals surface area contributed by atoms with Gasteiger partial charge in [-0.2, -0.15) is 11.3 Å². The average molecular weight is 379 g/mol. The third-order valence-electron chi connectivity index (χ3n) is 3.35. The van der Waals surface area contributed by atoms with Crippen molar-refractivity contribution in [2.45, 2.75) is 0 Å². The molecule has 0 saturated heterocycles. The van der Waals surface area contributed by atoms with E-state index >= 15 is 0 Å². The largest absolute Gasteiger partial charge is 0.492 e. The van der Waals surface area contributed by atoms with Gasteiger partial charge in [0, 0.05) is 28.4 Å². The molecule has 2 aromatic heterocycles. The van der Waals surface area contributed by atoms with E-state index in [1.807, 2.05) is 16.8 Å². The molecule has 3 aromatic rings. The smallest absolute Gasteiger partial charge is 0.273 e. The van der Waals surface area contributed by atoms with Crippen LogP contribution in [0.15, 0.2) is 46.5 Å². The summed E-state index contributed by atoms with van der Waals surface area (Å²) in [5.74, 6) is 0.626. The zero-order valence-electron chi connectivity index (χ0n) is 12.9. The predicted molar refractivity (Wildman–Crippen MR) is 99.3 cm³/mol. The van der Waals surface area contributed by atoms with Gasteiger partial charge >= 0.3 is 0 Å². The fraction of sp³-hybridized carbons (Fsp3) is 0.176. The molecule has 1 amide bonds. The van der Waals surface area contributed by atoms with E-state index in [9.17, 15) is 4.79 Å². The van der Waals surface area contributed by atoms with E-state index in [0.717, 1.165) is 16.3 Å². The number of likely N-dealkylation sites (N-methyl/N-ethyl adjacent to an activating group) is 1. The van der Waals surface area contributed by atoms with Gasteiger partial charge in [0.25, 0.3) is 5.91 Å². The molecule has 0 N–H and O–H groups in total. The number of nitrogens with zero attached hydrogens (tertiary/aromatic N) is 2. The molecule has 2 heterocycles. The van der Waals surface area contributed by atoms with Gasteiger partial charge in [-0.05, 0) is 35.7 Å². The topological polar surface area (TPSA) is 42.4 Å². The molecule has 0 aliphatic heterocycles. The summed E-state index contributed by atoms with van der Waals surface area (Å²) >= 11 is 8.92. The lowest BCUT2D eigenvalue weighted by molar-refractivity contribution is 0.0769. The molecule has 0 saturated carbocycles. The highest BCUT2D eigenvalue weighted by Crippen LogP contribution is 2.26. The number of hydrogen-bond acceptors (Lipinski definition) is 5. The monoisotopic (exact) mass is 378 g/mol. The van der Waals surface area contributed by atoms with Crippen molar-refractivity contribution in [1.29, 1.82) is 0 Å². The number of thiazole rings is 1. The zero-order chi connectivity index (χ0) is 16.9. The summed E-state index contributed by atoms with van der Waals surface area (Å²) < 4.78 is 5.61. The summed E-state index contributed by atoms with van der Waals surface area (Å²) in [5.41, 5.74) is 1.52. The van der Waals surface area contributed by atoms with Crippen LogP contribution in [0.2, 0.25) is 5.02 Å². The van der Waals surface area contributed by atoms with E-state index < -0.39 is 0 Å². The van der Waals surface area contributed by atoms with Crippen LogP contribution in [0, 0.1) is 0 Å². The second-order valence-electron chi connectivity index (χ2n) is 5.08. The normalized spacial score (nSPS) is 10.6. The van der Waals surface area contributed by atoms with E-state index in [-0.39, 0.29) is 5.91 Å². The second kappa shape index (κ2) is 7.79. The third kappa shape index (κ3) is 4.14. The van der Waals surface area contributed by atoms with E-state index in [2.05, 4.69) is 4.98 Å². The Morgan fingerprint density at radius 1 is 1.25 bits per heavy atom. The Balaban J connectivity index is 1.54. The van der Waals surface area contributed by atoms with Crippen molar-refractivity contribution < 1.29 is 9.53 Å². The number of ether oxygens (including phenoxy) is 1.